The number of rotatable bonds is 7. The number of hydrogen-bond acceptors (Lipinski definition) is 6. The zero-order chi connectivity index (χ0) is 28.3. The minimum absolute atomic E-state index is 0.0200. The van der Waals surface area contributed by atoms with E-state index in [0.29, 0.717) is 31.0 Å². The predicted octanol–water partition coefficient (Wildman–Crippen LogP) is 4.42. The molecule has 39 heavy (non-hydrogen) atoms. The third-order valence-electron chi connectivity index (χ3n) is 6.00. The van der Waals surface area contributed by atoms with Gasteiger partial charge in [0.2, 0.25) is 11.8 Å². The molecule has 1 aliphatic heterocycles. The van der Waals surface area contributed by atoms with Crippen molar-refractivity contribution in [2.24, 2.45) is 5.73 Å². The van der Waals surface area contributed by atoms with E-state index in [4.69, 9.17) is 16.2 Å². The van der Waals surface area contributed by atoms with E-state index in [1.165, 1.54) is 46.0 Å². The van der Waals surface area contributed by atoms with E-state index in [1.54, 1.807) is 0 Å². The van der Waals surface area contributed by atoms with Gasteiger partial charge < -0.3 is 21.1 Å². The first kappa shape index (κ1) is 27.5. The summed E-state index contributed by atoms with van der Waals surface area (Å²) >= 11 is 0. The van der Waals surface area contributed by atoms with Gasteiger partial charge in [0, 0.05) is 30.8 Å². The van der Waals surface area contributed by atoms with Gasteiger partial charge in [-0.15, -0.1) is 0 Å². The van der Waals surface area contributed by atoms with Crippen LogP contribution in [0.3, 0.4) is 0 Å². The van der Waals surface area contributed by atoms with Crippen LogP contribution in [-0.4, -0.2) is 51.0 Å². The molecule has 0 aliphatic carbocycles. The summed E-state index contributed by atoms with van der Waals surface area (Å²) < 4.78 is 70.5. The van der Waals surface area contributed by atoms with E-state index in [1.807, 2.05) is 0 Å². The molecule has 4 rings (SSSR count). The molecule has 4 N–H and O–H groups in total. The first-order valence-electron chi connectivity index (χ1n) is 11.7. The normalized spacial score (nSPS) is 16.2. The fraction of sp³-hybridized carbons (Fsp3) is 0.280. The van der Waals surface area contributed by atoms with Crippen LogP contribution in [0.2, 0.25) is 0 Å². The third-order valence-corrected chi connectivity index (χ3v) is 6.00. The maximum atomic E-state index is 12.9. The molecule has 1 aromatic carbocycles. The van der Waals surface area contributed by atoms with Crippen molar-refractivity contribution >= 4 is 17.6 Å². The Labute approximate surface area is 218 Å². The monoisotopic (exact) mass is 550 g/mol. The van der Waals surface area contributed by atoms with Crippen LogP contribution in [0.5, 0.6) is 11.6 Å². The third kappa shape index (κ3) is 6.33. The lowest BCUT2D eigenvalue weighted by Crippen LogP contribution is -2.40. The number of nitrogen functional groups attached to an aromatic ring is 1. The number of benzene rings is 1. The van der Waals surface area contributed by atoms with Gasteiger partial charge in [0.05, 0.1) is 6.04 Å². The molecule has 9 nitrogen and oxygen atoms in total. The molecule has 1 fully saturated rings. The topological polar surface area (TPSA) is 129 Å². The zero-order valence-electron chi connectivity index (χ0n) is 20.2. The van der Waals surface area contributed by atoms with Crippen molar-refractivity contribution in [3.8, 4) is 22.9 Å². The van der Waals surface area contributed by atoms with E-state index < -0.39 is 36.2 Å². The molecule has 0 spiro atoms. The van der Waals surface area contributed by atoms with Crippen molar-refractivity contribution < 1.29 is 36.3 Å². The standard InChI is InChI=1S/C25H23F5N6O3/c26-18(27)10-11-20(37)35-12-2-3-15(13-35)36-23(31)21(24(32)38)22(34-36)14-6-8-16(9-7-14)39-19-5-1-4-17(33-19)25(28,29)30/h1,4-11,15,18H,2-3,12-13,31H2,(H2,32,38)/b11-10+/t15-/m1/s1. The second-order valence-corrected chi connectivity index (χ2v) is 8.68. The van der Waals surface area contributed by atoms with Crippen LogP contribution in [0.15, 0.2) is 54.6 Å². The Hall–Kier alpha value is -4.49. The van der Waals surface area contributed by atoms with Crippen LogP contribution >= 0.6 is 0 Å². The van der Waals surface area contributed by atoms with Gasteiger partial charge in [0.1, 0.15) is 28.5 Å². The van der Waals surface area contributed by atoms with E-state index in [2.05, 4.69) is 10.1 Å². The summed E-state index contributed by atoms with van der Waals surface area (Å²) in [7, 11) is 0. The summed E-state index contributed by atoms with van der Waals surface area (Å²) in [6.45, 7) is 0.495. The van der Waals surface area contributed by atoms with E-state index in [9.17, 15) is 31.5 Å². The van der Waals surface area contributed by atoms with Gasteiger partial charge in [-0.05, 0) is 49.2 Å². The summed E-state index contributed by atoms with van der Waals surface area (Å²) in [4.78, 5) is 29.4. The number of carbonyl (C=O) groups is 2. The molecular formula is C25H23F5N6O3. The van der Waals surface area contributed by atoms with Crippen molar-refractivity contribution in [1.82, 2.24) is 19.7 Å². The van der Waals surface area contributed by atoms with Gasteiger partial charge in [-0.2, -0.15) is 18.3 Å². The molecule has 0 unspecified atom stereocenters. The second-order valence-electron chi connectivity index (χ2n) is 8.68. The lowest BCUT2D eigenvalue weighted by Gasteiger charge is -2.32. The molecule has 206 valence electrons. The number of pyridine rings is 1. The number of nitrogens with two attached hydrogens (primary N) is 2. The van der Waals surface area contributed by atoms with Gasteiger partial charge in [-0.25, -0.2) is 18.4 Å². The average molecular weight is 550 g/mol. The molecule has 14 heteroatoms. The van der Waals surface area contributed by atoms with Crippen molar-refractivity contribution in [3.63, 3.8) is 0 Å². The van der Waals surface area contributed by atoms with Crippen molar-refractivity contribution in [2.45, 2.75) is 31.5 Å². The van der Waals surface area contributed by atoms with Crippen LogP contribution in [0.4, 0.5) is 27.8 Å². The Bertz CT molecular complexity index is 1390. The van der Waals surface area contributed by atoms with Gasteiger partial charge in [-0.1, -0.05) is 6.07 Å². The summed E-state index contributed by atoms with van der Waals surface area (Å²) in [6.07, 6.45) is -4.95. The van der Waals surface area contributed by atoms with Crippen LogP contribution in [0.1, 0.15) is 34.9 Å². The molecule has 2 amide bonds. The number of carbonyl (C=O) groups excluding carboxylic acids is 2. The number of allylic oxidation sites excluding steroid dienone is 1. The van der Waals surface area contributed by atoms with Crippen LogP contribution in [0.25, 0.3) is 11.3 Å². The molecular weight excluding hydrogens is 527 g/mol. The Balaban J connectivity index is 1.57. The van der Waals surface area contributed by atoms with Gasteiger partial charge >= 0.3 is 6.18 Å². The highest BCUT2D eigenvalue weighted by molar-refractivity contribution is 6.03. The second kappa shape index (κ2) is 11.1. The number of piperidine rings is 1. The Kier molecular flexibility index (Phi) is 7.83. The van der Waals surface area contributed by atoms with Gasteiger partial charge in [-0.3, -0.25) is 9.59 Å². The van der Waals surface area contributed by atoms with Gasteiger partial charge in [0.15, 0.2) is 0 Å². The lowest BCUT2D eigenvalue weighted by molar-refractivity contribution is -0.141. The molecule has 2 aromatic heterocycles. The smallest absolute Gasteiger partial charge is 0.433 e. The highest BCUT2D eigenvalue weighted by atomic mass is 19.4. The SMILES string of the molecule is NC(=O)c1c(-c2ccc(Oc3cccc(C(F)(F)F)n3)cc2)nn([C@@H]2CCCN(C(=O)/C=C/C(F)F)C2)c1N. The predicted molar refractivity (Wildman–Crippen MR) is 130 cm³/mol. The quantitative estimate of drug-likeness (QED) is 0.331. The fourth-order valence-corrected chi connectivity index (χ4v) is 4.22. The molecule has 1 saturated heterocycles. The lowest BCUT2D eigenvalue weighted by atomic mass is 10.1. The molecule has 0 bridgehead atoms. The molecule has 3 heterocycles. The first-order valence-corrected chi connectivity index (χ1v) is 11.7. The molecule has 0 radical (unpaired) electrons. The minimum atomic E-state index is -4.63. The number of hydrogen-bond donors (Lipinski definition) is 2. The number of halogens is 5. The fourth-order valence-electron chi connectivity index (χ4n) is 4.22. The van der Waals surface area contributed by atoms with Crippen molar-refractivity contribution in [2.75, 3.05) is 18.8 Å². The van der Waals surface area contributed by atoms with Crippen molar-refractivity contribution in [3.05, 3.63) is 65.9 Å². The molecule has 0 saturated carbocycles. The first-order chi connectivity index (χ1) is 18.4. The van der Waals surface area contributed by atoms with E-state index in [0.717, 1.165) is 12.1 Å². The Morgan fingerprint density at radius 3 is 2.49 bits per heavy atom. The number of primary amides is 1. The molecule has 1 aliphatic rings. The highest BCUT2D eigenvalue weighted by Gasteiger charge is 2.33. The number of anilines is 1. The number of ether oxygens (including phenoxy) is 1. The zero-order valence-corrected chi connectivity index (χ0v) is 20.2. The van der Waals surface area contributed by atoms with Crippen molar-refractivity contribution in [1.29, 1.82) is 0 Å². The van der Waals surface area contributed by atoms with Crippen LogP contribution in [0, 0.1) is 0 Å². The minimum Gasteiger partial charge on any atom is -0.439 e. The highest BCUT2D eigenvalue weighted by Crippen LogP contribution is 2.34. The summed E-state index contributed by atoms with van der Waals surface area (Å²) in [5.41, 5.74) is 11.2. The Morgan fingerprint density at radius 1 is 1.13 bits per heavy atom. The van der Waals surface area contributed by atoms with E-state index >= 15 is 0 Å². The maximum absolute atomic E-state index is 12.9. The van der Waals surface area contributed by atoms with Crippen LogP contribution in [-0.2, 0) is 11.0 Å². The molecule has 1 atom stereocenters. The summed E-state index contributed by atoms with van der Waals surface area (Å²) in [6, 6.07) is 8.77. The summed E-state index contributed by atoms with van der Waals surface area (Å²) in [5.74, 6) is -1.52. The largest absolute Gasteiger partial charge is 0.439 e. The Morgan fingerprint density at radius 2 is 1.85 bits per heavy atom. The number of nitrogens with zero attached hydrogens (tertiary/aromatic N) is 4. The number of amides is 2. The maximum Gasteiger partial charge on any atom is 0.433 e. The van der Waals surface area contributed by atoms with Crippen LogP contribution < -0.4 is 16.2 Å². The number of aromatic nitrogens is 3. The number of likely N-dealkylation sites (tertiary alicyclic amines) is 1. The average Bonchev–Trinajstić information content (AvgIpc) is 3.24. The van der Waals surface area contributed by atoms with Gasteiger partial charge in [0.25, 0.3) is 12.3 Å². The van der Waals surface area contributed by atoms with E-state index in [-0.39, 0.29) is 35.2 Å². The number of alkyl halides is 5. The molecule has 3 aromatic rings. The summed E-state index contributed by atoms with van der Waals surface area (Å²) in [5, 5.41) is 4.48.